The van der Waals surface area contributed by atoms with Gasteiger partial charge in [0.25, 0.3) is 5.91 Å². The van der Waals surface area contributed by atoms with E-state index in [9.17, 15) is 23.9 Å². The minimum absolute atomic E-state index is 0.0795. The molecule has 1 fully saturated rings. The Bertz CT molecular complexity index is 414. The lowest BCUT2D eigenvalue weighted by molar-refractivity contribution is -0.138. The Labute approximate surface area is 122 Å². The highest BCUT2D eigenvalue weighted by Gasteiger charge is 2.45. The lowest BCUT2D eigenvalue weighted by atomic mass is 9.81. The van der Waals surface area contributed by atoms with E-state index in [2.05, 4.69) is 0 Å². The third kappa shape index (κ3) is 4.05. The van der Waals surface area contributed by atoms with Crippen molar-refractivity contribution in [1.29, 1.82) is 0 Å². The molecule has 1 aliphatic carbocycles. The largest absolute Gasteiger partial charge is 0.465 e. The minimum atomic E-state index is -2.07. The zero-order valence-electron chi connectivity index (χ0n) is 12.5. The summed E-state index contributed by atoms with van der Waals surface area (Å²) in [6.07, 6.45) is -0.443. The quantitative estimate of drug-likeness (QED) is 0.536. The normalized spacial score (nSPS) is 25.8. The maximum absolute atomic E-state index is 14.5. The Morgan fingerprint density at radius 2 is 1.86 bits per heavy atom. The van der Waals surface area contributed by atoms with Crippen LogP contribution in [0.1, 0.15) is 46.5 Å². The van der Waals surface area contributed by atoms with E-state index in [1.165, 1.54) is 4.90 Å². The van der Waals surface area contributed by atoms with Crippen molar-refractivity contribution in [3.05, 3.63) is 0 Å². The van der Waals surface area contributed by atoms with Gasteiger partial charge in [0.15, 0.2) is 5.67 Å². The second-order valence-electron chi connectivity index (χ2n) is 6.24. The summed E-state index contributed by atoms with van der Waals surface area (Å²) in [7, 11) is 0. The van der Waals surface area contributed by atoms with Gasteiger partial charge in [-0.25, -0.2) is 9.18 Å². The Balaban J connectivity index is 2.72. The monoisotopic (exact) mass is 303 g/mol. The molecule has 0 aromatic heterocycles. The van der Waals surface area contributed by atoms with Gasteiger partial charge < -0.3 is 10.0 Å². The summed E-state index contributed by atoms with van der Waals surface area (Å²) in [5.41, 5.74) is 1.24. The van der Waals surface area contributed by atoms with E-state index in [-0.39, 0.29) is 38.1 Å². The van der Waals surface area contributed by atoms with E-state index in [0.29, 0.717) is 0 Å². The minimum Gasteiger partial charge on any atom is -0.465 e. The molecule has 0 heterocycles. The molecule has 3 N–H and O–H groups in total. The van der Waals surface area contributed by atoms with E-state index in [1.807, 2.05) is 10.9 Å². The summed E-state index contributed by atoms with van der Waals surface area (Å²) in [6, 6.07) is -0.321. The van der Waals surface area contributed by atoms with Crippen molar-refractivity contribution in [3.63, 3.8) is 0 Å². The molecule has 0 atom stereocenters. The van der Waals surface area contributed by atoms with Gasteiger partial charge >= 0.3 is 6.09 Å². The van der Waals surface area contributed by atoms with Crippen LogP contribution in [-0.2, 0) is 9.59 Å². The second kappa shape index (κ2) is 6.28. The Morgan fingerprint density at radius 1 is 1.33 bits per heavy atom. The molecule has 0 aliphatic heterocycles. The van der Waals surface area contributed by atoms with Crippen LogP contribution in [0, 0.1) is 0 Å². The third-order valence-corrected chi connectivity index (χ3v) is 3.69. The number of halogens is 1. The highest BCUT2D eigenvalue weighted by molar-refractivity contribution is 5.85. The Kier molecular flexibility index (Phi) is 5.14. The summed E-state index contributed by atoms with van der Waals surface area (Å²) in [5, 5.41) is 9.32. The molecule has 0 unspecified atom stereocenters. The number of carboxylic acid groups (broad SMARTS) is 1. The molecule has 21 heavy (non-hydrogen) atoms. The molecule has 120 valence electrons. The number of carbonyl (C=O) groups excluding carboxylic acids is 2. The fraction of sp³-hybridized carbons (Fsp3) is 0.769. The van der Waals surface area contributed by atoms with Crippen LogP contribution in [0.5, 0.6) is 0 Å². The predicted molar refractivity (Wildman–Crippen MR) is 73.1 cm³/mol. The lowest BCUT2D eigenvalue weighted by Gasteiger charge is -2.43. The van der Waals surface area contributed by atoms with Gasteiger partial charge in [-0.05, 0) is 46.5 Å². The number of rotatable bonds is 4. The van der Waals surface area contributed by atoms with Gasteiger partial charge in [0, 0.05) is 11.6 Å². The number of nitrogens with one attached hydrogen (secondary N) is 2. The molecule has 0 radical (unpaired) electrons. The SMILES string of the molecule is CC(C)(C)N(C(=O)O)C1CCC(F)(C(=O)NNC=O)CC1. The van der Waals surface area contributed by atoms with Crippen molar-refractivity contribution >= 4 is 18.4 Å². The number of hydrogen-bond donors (Lipinski definition) is 3. The number of carbonyl (C=O) groups is 3. The van der Waals surface area contributed by atoms with E-state index < -0.39 is 23.2 Å². The van der Waals surface area contributed by atoms with Crippen molar-refractivity contribution in [2.75, 3.05) is 0 Å². The van der Waals surface area contributed by atoms with Crippen LogP contribution >= 0.6 is 0 Å². The van der Waals surface area contributed by atoms with Crippen LogP contribution in [0.3, 0.4) is 0 Å². The first-order valence-corrected chi connectivity index (χ1v) is 6.82. The molecule has 0 aromatic carbocycles. The fourth-order valence-corrected chi connectivity index (χ4v) is 2.74. The average molecular weight is 303 g/mol. The number of hydrogen-bond acceptors (Lipinski definition) is 3. The van der Waals surface area contributed by atoms with Crippen LogP contribution < -0.4 is 10.9 Å². The number of amides is 3. The summed E-state index contributed by atoms with van der Waals surface area (Å²) < 4.78 is 14.5. The smallest absolute Gasteiger partial charge is 0.407 e. The fourth-order valence-electron chi connectivity index (χ4n) is 2.74. The molecule has 0 aromatic rings. The van der Waals surface area contributed by atoms with Crippen LogP contribution in [0.2, 0.25) is 0 Å². The summed E-state index contributed by atoms with van der Waals surface area (Å²) >= 11 is 0. The summed E-state index contributed by atoms with van der Waals surface area (Å²) in [4.78, 5) is 34.5. The second-order valence-corrected chi connectivity index (χ2v) is 6.24. The van der Waals surface area contributed by atoms with Gasteiger partial charge in [-0.2, -0.15) is 0 Å². The number of alkyl halides is 1. The molecule has 1 rings (SSSR count). The molecule has 1 saturated carbocycles. The first kappa shape index (κ1) is 17.2. The van der Waals surface area contributed by atoms with Gasteiger partial charge in [0.1, 0.15) is 0 Å². The van der Waals surface area contributed by atoms with Crippen molar-refractivity contribution in [2.24, 2.45) is 0 Å². The molecule has 0 saturated heterocycles. The zero-order valence-corrected chi connectivity index (χ0v) is 12.5. The zero-order chi connectivity index (χ0) is 16.3. The van der Waals surface area contributed by atoms with Crippen molar-refractivity contribution in [3.8, 4) is 0 Å². The number of nitrogens with zero attached hydrogens (tertiary/aromatic N) is 1. The van der Waals surface area contributed by atoms with Crippen molar-refractivity contribution < 1.29 is 23.9 Å². The van der Waals surface area contributed by atoms with E-state index in [1.54, 1.807) is 20.8 Å². The van der Waals surface area contributed by atoms with Gasteiger partial charge in [-0.15, -0.1) is 0 Å². The molecule has 0 spiro atoms. The highest BCUT2D eigenvalue weighted by atomic mass is 19.1. The van der Waals surface area contributed by atoms with E-state index in [4.69, 9.17) is 0 Å². The molecule has 1 aliphatic rings. The average Bonchev–Trinajstić information content (AvgIpc) is 2.36. The van der Waals surface area contributed by atoms with Crippen LogP contribution in [-0.4, -0.2) is 45.7 Å². The van der Waals surface area contributed by atoms with Crippen molar-refractivity contribution in [2.45, 2.75) is 63.7 Å². The summed E-state index contributed by atoms with van der Waals surface area (Å²) in [5.74, 6) is -0.898. The Hall–Kier alpha value is -1.86. The van der Waals surface area contributed by atoms with Crippen LogP contribution in [0.25, 0.3) is 0 Å². The Morgan fingerprint density at radius 3 is 2.24 bits per heavy atom. The first-order chi connectivity index (χ1) is 9.62. The molecule has 8 heteroatoms. The third-order valence-electron chi connectivity index (χ3n) is 3.69. The number of hydrazine groups is 1. The lowest BCUT2D eigenvalue weighted by Crippen LogP contribution is -2.56. The van der Waals surface area contributed by atoms with E-state index in [0.717, 1.165) is 0 Å². The first-order valence-electron chi connectivity index (χ1n) is 6.82. The van der Waals surface area contributed by atoms with Crippen molar-refractivity contribution in [1.82, 2.24) is 15.8 Å². The van der Waals surface area contributed by atoms with Crippen LogP contribution in [0.4, 0.5) is 9.18 Å². The predicted octanol–water partition coefficient (Wildman–Crippen LogP) is 1.19. The molecule has 7 nitrogen and oxygen atoms in total. The highest BCUT2D eigenvalue weighted by Crippen LogP contribution is 2.36. The topological polar surface area (TPSA) is 98.7 Å². The molecule has 0 bridgehead atoms. The summed E-state index contributed by atoms with van der Waals surface area (Å²) in [6.45, 7) is 5.33. The van der Waals surface area contributed by atoms with Gasteiger partial charge in [0.2, 0.25) is 6.41 Å². The maximum atomic E-state index is 14.5. The maximum Gasteiger partial charge on any atom is 0.407 e. The molecule has 3 amide bonds. The molecular formula is C13H22FN3O4. The van der Waals surface area contributed by atoms with Gasteiger partial charge in [-0.3, -0.25) is 20.4 Å². The standard InChI is InChI=1S/C13H22FN3O4/c1-12(2,3)17(11(20)21)9-4-6-13(14,7-5-9)10(19)16-15-8-18/h8-9H,4-7H2,1-3H3,(H,15,18)(H,16,19)(H,20,21). The molecular weight excluding hydrogens is 281 g/mol. The van der Waals surface area contributed by atoms with Gasteiger partial charge in [0.05, 0.1) is 0 Å². The van der Waals surface area contributed by atoms with Gasteiger partial charge in [-0.1, -0.05) is 0 Å². The van der Waals surface area contributed by atoms with E-state index >= 15 is 0 Å². The van der Waals surface area contributed by atoms with Crippen LogP contribution in [0.15, 0.2) is 0 Å².